The first-order valence-electron chi connectivity index (χ1n) is 7.68. The molecule has 0 bridgehead atoms. The van der Waals surface area contributed by atoms with Gasteiger partial charge in [-0.05, 0) is 17.7 Å². The minimum atomic E-state index is -6.04. The number of nitrogens with zero attached hydrogens (tertiary/aromatic N) is 2. The third kappa shape index (κ3) is 4.67. The van der Waals surface area contributed by atoms with Gasteiger partial charge in [-0.25, -0.2) is 8.96 Å². The average molecular weight is 460 g/mol. The molecule has 0 aliphatic carbocycles. The van der Waals surface area contributed by atoms with E-state index in [4.69, 9.17) is 16.3 Å². The topological polar surface area (TPSA) is 93.5 Å². The van der Waals surface area contributed by atoms with Crippen molar-refractivity contribution in [3.63, 3.8) is 0 Å². The molecule has 0 amide bonds. The van der Waals surface area contributed by atoms with Crippen LogP contribution < -0.4 is 15.4 Å². The normalized spacial score (nSPS) is 12.1. The molecular weight excluding hydrogens is 450 g/mol. The van der Waals surface area contributed by atoms with Crippen molar-refractivity contribution in [2.45, 2.75) is 18.7 Å². The second-order valence-electron chi connectivity index (χ2n) is 5.63. The first-order chi connectivity index (χ1) is 13.8. The molecule has 1 aromatic heterocycles. The van der Waals surface area contributed by atoms with E-state index in [1.165, 1.54) is 0 Å². The average Bonchev–Trinajstić information content (AvgIpc) is 2.62. The van der Waals surface area contributed by atoms with Gasteiger partial charge in [0.2, 0.25) is 0 Å². The van der Waals surface area contributed by atoms with Crippen LogP contribution in [0.2, 0.25) is 5.02 Å². The number of carboxylic acid groups (broad SMARTS) is 1. The van der Waals surface area contributed by atoms with Crippen molar-refractivity contribution in [1.29, 1.82) is 0 Å². The molecule has 2 aromatic rings. The number of benzene rings is 1. The van der Waals surface area contributed by atoms with Gasteiger partial charge < -0.3 is 19.4 Å². The number of rotatable bonds is 7. The summed E-state index contributed by atoms with van der Waals surface area (Å²) >= 11 is 5.81. The highest BCUT2D eigenvalue weighted by atomic mass is 35.5. The molecule has 0 saturated heterocycles. The Balaban J connectivity index is 2.61. The molecule has 0 atom stereocenters. The highest BCUT2D eigenvalue weighted by Crippen LogP contribution is 2.43. The summed E-state index contributed by atoms with van der Waals surface area (Å²) in [6, 6.07) is 0.402. The van der Waals surface area contributed by atoms with Gasteiger partial charge in [-0.2, -0.15) is 26.9 Å². The predicted octanol–water partition coefficient (Wildman–Crippen LogP) is 1.95. The fourth-order valence-electron chi connectivity index (χ4n) is 2.23. The summed E-state index contributed by atoms with van der Waals surface area (Å²) in [5, 5.41) is 10.1. The van der Waals surface area contributed by atoms with Gasteiger partial charge in [0.25, 0.3) is 5.56 Å². The Morgan fingerprint density at radius 3 is 2.40 bits per heavy atom. The van der Waals surface area contributed by atoms with Crippen molar-refractivity contribution in [2.24, 2.45) is 0 Å². The molecule has 0 radical (unpaired) electrons. The molecule has 2 rings (SSSR count). The van der Waals surface area contributed by atoms with Crippen LogP contribution in [0.15, 0.2) is 23.0 Å². The standard InChI is InChI=1S/C16H11ClF6N2O5/c1-29-14-24-11(15(19,20)16(21,22)23)4-12(26)25(14)10-2-7(5-30-6-13(27)28)8(17)3-9(10)18/h2-4H,5-6H2,1H3,(H,27,28)/p-1. The summed E-state index contributed by atoms with van der Waals surface area (Å²) in [5.41, 5.74) is -4.15. The van der Waals surface area contributed by atoms with E-state index in [9.17, 15) is 41.0 Å². The van der Waals surface area contributed by atoms with E-state index in [1.54, 1.807) is 0 Å². The van der Waals surface area contributed by atoms with Gasteiger partial charge in [0.15, 0.2) is 0 Å². The second-order valence-corrected chi connectivity index (χ2v) is 6.04. The van der Waals surface area contributed by atoms with Crippen LogP contribution in [0.1, 0.15) is 11.3 Å². The number of carbonyl (C=O) groups is 1. The number of aliphatic carboxylic acids is 1. The van der Waals surface area contributed by atoms with Crippen molar-refractivity contribution in [1.82, 2.24) is 9.55 Å². The molecule has 14 heteroatoms. The molecule has 0 fully saturated rings. The van der Waals surface area contributed by atoms with Crippen LogP contribution in [0.4, 0.5) is 26.3 Å². The van der Waals surface area contributed by atoms with E-state index < -0.39 is 60.1 Å². The number of aromatic nitrogens is 2. The number of alkyl halides is 5. The molecule has 0 saturated carbocycles. The molecule has 1 heterocycles. The summed E-state index contributed by atoms with van der Waals surface area (Å²) in [6.45, 7) is -1.32. The number of carbonyl (C=O) groups excluding carboxylic acids is 1. The van der Waals surface area contributed by atoms with Crippen LogP contribution in [-0.2, 0) is 22.1 Å². The van der Waals surface area contributed by atoms with Crippen LogP contribution in [0.25, 0.3) is 5.69 Å². The van der Waals surface area contributed by atoms with E-state index in [-0.39, 0.29) is 16.7 Å². The minimum Gasteiger partial charge on any atom is -0.548 e. The quantitative estimate of drug-likeness (QED) is 0.588. The van der Waals surface area contributed by atoms with Crippen LogP contribution in [0.3, 0.4) is 0 Å². The fourth-order valence-corrected chi connectivity index (χ4v) is 2.44. The lowest BCUT2D eigenvalue weighted by Gasteiger charge is -2.20. The Labute approximate surface area is 168 Å². The number of methoxy groups -OCH3 is 1. The van der Waals surface area contributed by atoms with Crippen molar-refractivity contribution in [3.8, 4) is 11.7 Å². The highest BCUT2D eigenvalue weighted by molar-refractivity contribution is 6.31. The van der Waals surface area contributed by atoms with Gasteiger partial charge in [-0.15, -0.1) is 0 Å². The van der Waals surface area contributed by atoms with Crippen LogP contribution in [0, 0.1) is 5.82 Å². The van der Waals surface area contributed by atoms with Crippen molar-refractivity contribution in [3.05, 3.63) is 50.7 Å². The zero-order valence-electron chi connectivity index (χ0n) is 14.7. The number of carboxylic acids is 1. The summed E-state index contributed by atoms with van der Waals surface area (Å²) in [6.07, 6.45) is -6.04. The van der Waals surface area contributed by atoms with Gasteiger partial charge in [0.1, 0.15) is 11.5 Å². The molecule has 30 heavy (non-hydrogen) atoms. The minimum absolute atomic E-state index is 0.0343. The van der Waals surface area contributed by atoms with Gasteiger partial charge in [-0.3, -0.25) is 4.79 Å². The highest BCUT2D eigenvalue weighted by Gasteiger charge is 2.60. The maximum Gasteiger partial charge on any atom is 0.459 e. The lowest BCUT2D eigenvalue weighted by Crippen LogP contribution is -2.37. The maximum atomic E-state index is 14.4. The smallest absolute Gasteiger partial charge is 0.459 e. The number of hydrogen-bond donors (Lipinski definition) is 0. The van der Waals surface area contributed by atoms with Crippen LogP contribution in [0.5, 0.6) is 6.01 Å². The Kier molecular flexibility index (Phi) is 6.67. The second kappa shape index (κ2) is 8.52. The third-order valence-electron chi connectivity index (χ3n) is 3.58. The Bertz CT molecular complexity index is 1020. The van der Waals surface area contributed by atoms with E-state index in [0.29, 0.717) is 10.6 Å². The maximum absolute atomic E-state index is 14.4. The molecule has 7 nitrogen and oxygen atoms in total. The van der Waals surface area contributed by atoms with E-state index in [1.807, 2.05) is 0 Å². The van der Waals surface area contributed by atoms with E-state index in [0.717, 1.165) is 13.2 Å². The molecule has 0 N–H and O–H groups in total. The Morgan fingerprint density at radius 2 is 1.87 bits per heavy atom. The zero-order chi connectivity index (χ0) is 22.9. The van der Waals surface area contributed by atoms with Crippen LogP contribution in [-0.4, -0.2) is 35.4 Å². The van der Waals surface area contributed by atoms with Crippen molar-refractivity contribution >= 4 is 17.6 Å². The van der Waals surface area contributed by atoms with Gasteiger partial charge >= 0.3 is 18.1 Å². The number of ether oxygens (including phenoxy) is 2. The first-order valence-corrected chi connectivity index (χ1v) is 8.06. The Hall–Kier alpha value is -2.80. The Morgan fingerprint density at radius 1 is 1.23 bits per heavy atom. The number of hydrogen-bond acceptors (Lipinski definition) is 6. The van der Waals surface area contributed by atoms with Gasteiger partial charge in [-0.1, -0.05) is 11.6 Å². The monoisotopic (exact) mass is 459 g/mol. The summed E-state index contributed by atoms with van der Waals surface area (Å²) < 4.78 is 88.8. The summed E-state index contributed by atoms with van der Waals surface area (Å²) in [7, 11) is 0.811. The molecule has 0 unspecified atom stereocenters. The largest absolute Gasteiger partial charge is 0.548 e. The third-order valence-corrected chi connectivity index (χ3v) is 3.93. The summed E-state index contributed by atoms with van der Waals surface area (Å²) in [4.78, 5) is 25.7. The molecule has 1 aromatic carbocycles. The lowest BCUT2D eigenvalue weighted by atomic mass is 10.2. The number of halogens is 7. The molecule has 164 valence electrons. The molecule has 0 spiro atoms. The first kappa shape index (κ1) is 23.5. The van der Waals surface area contributed by atoms with E-state index in [2.05, 4.69) is 9.72 Å². The van der Waals surface area contributed by atoms with Gasteiger partial charge in [0, 0.05) is 11.1 Å². The fraction of sp³-hybridized carbons (Fsp3) is 0.312. The molecule has 0 aliphatic heterocycles. The predicted molar refractivity (Wildman–Crippen MR) is 86.0 cm³/mol. The van der Waals surface area contributed by atoms with Crippen molar-refractivity contribution < 1.29 is 45.7 Å². The SMILES string of the molecule is COc1nc(C(F)(F)C(F)(F)F)cc(=O)n1-c1cc(COCC(=O)[O-])c(Cl)cc1F. The zero-order valence-corrected chi connectivity index (χ0v) is 15.5. The van der Waals surface area contributed by atoms with Gasteiger partial charge in [0.05, 0.1) is 32.0 Å². The molecule has 0 aliphatic rings. The summed E-state index contributed by atoms with van der Waals surface area (Å²) in [5.74, 6) is -8.21. The van der Waals surface area contributed by atoms with Crippen molar-refractivity contribution in [2.75, 3.05) is 13.7 Å². The molecular formula is C16H10ClF6N2O5-. The van der Waals surface area contributed by atoms with Crippen LogP contribution >= 0.6 is 11.6 Å². The lowest BCUT2D eigenvalue weighted by molar-refractivity contribution is -0.309. The van der Waals surface area contributed by atoms with E-state index >= 15 is 0 Å².